The molecule has 0 unspecified atom stereocenters. The van der Waals surface area contributed by atoms with Crippen LogP contribution in [0, 0.1) is 0 Å². The summed E-state index contributed by atoms with van der Waals surface area (Å²) in [6.07, 6.45) is 2.62. The first-order valence-corrected chi connectivity index (χ1v) is 4.74. The fourth-order valence-corrected chi connectivity index (χ4v) is 1.34. The molecule has 0 bridgehead atoms. The van der Waals surface area contributed by atoms with Crippen molar-refractivity contribution in [1.29, 1.82) is 0 Å². The highest BCUT2D eigenvalue weighted by molar-refractivity contribution is 5.85. The van der Waals surface area contributed by atoms with Crippen molar-refractivity contribution in [3.8, 4) is 5.75 Å². The molecule has 86 valence electrons. The molecule has 0 fully saturated rings. The summed E-state index contributed by atoms with van der Waals surface area (Å²) in [6, 6.07) is 5.41. The van der Waals surface area contributed by atoms with E-state index in [1.165, 1.54) is 6.08 Å². The summed E-state index contributed by atoms with van der Waals surface area (Å²) in [5.41, 5.74) is 1.69. The number of carbonyl (C=O) groups is 1. The molecule has 16 heavy (non-hydrogen) atoms. The second-order valence-corrected chi connectivity index (χ2v) is 3.18. The number of aliphatic carboxylic acids is 1. The lowest BCUT2D eigenvalue weighted by Gasteiger charge is -2.08. The lowest BCUT2D eigenvalue weighted by atomic mass is 10.1. The van der Waals surface area contributed by atoms with Crippen LogP contribution >= 0.6 is 0 Å². The standard InChI is InChI=1S/C12H14O4/c1-15-8-10-7-9(4-6-12(13)14)3-5-11(10)16-2/h3-7H,8H2,1-2H3,(H,13,14). The van der Waals surface area contributed by atoms with Crippen LogP contribution in [0.25, 0.3) is 6.08 Å². The Balaban J connectivity index is 2.96. The lowest BCUT2D eigenvalue weighted by Crippen LogP contribution is -1.94. The van der Waals surface area contributed by atoms with Crippen LogP contribution in [0.2, 0.25) is 0 Å². The van der Waals surface area contributed by atoms with E-state index < -0.39 is 5.97 Å². The van der Waals surface area contributed by atoms with Crippen molar-refractivity contribution in [1.82, 2.24) is 0 Å². The maximum atomic E-state index is 10.4. The van der Waals surface area contributed by atoms with Gasteiger partial charge < -0.3 is 14.6 Å². The summed E-state index contributed by atoms with van der Waals surface area (Å²) in [5, 5.41) is 8.51. The number of carboxylic acid groups (broad SMARTS) is 1. The van der Waals surface area contributed by atoms with Crippen LogP contribution in [-0.2, 0) is 16.1 Å². The highest BCUT2D eigenvalue weighted by Gasteiger charge is 2.02. The van der Waals surface area contributed by atoms with Crippen LogP contribution in [0.4, 0.5) is 0 Å². The first-order chi connectivity index (χ1) is 7.67. The maximum Gasteiger partial charge on any atom is 0.328 e. The third-order valence-electron chi connectivity index (χ3n) is 2.02. The van der Waals surface area contributed by atoms with Crippen molar-refractivity contribution < 1.29 is 19.4 Å². The molecule has 0 aliphatic rings. The second kappa shape index (κ2) is 5.92. The SMILES string of the molecule is COCc1cc(C=CC(=O)O)ccc1OC. The van der Waals surface area contributed by atoms with Gasteiger partial charge in [-0.05, 0) is 23.8 Å². The van der Waals surface area contributed by atoms with Gasteiger partial charge in [0.2, 0.25) is 0 Å². The summed E-state index contributed by atoms with van der Waals surface area (Å²) in [4.78, 5) is 10.4. The van der Waals surface area contributed by atoms with Gasteiger partial charge in [-0.15, -0.1) is 0 Å². The predicted molar refractivity (Wildman–Crippen MR) is 60.4 cm³/mol. The number of methoxy groups -OCH3 is 2. The fraction of sp³-hybridized carbons (Fsp3) is 0.250. The van der Waals surface area contributed by atoms with Crippen LogP contribution < -0.4 is 4.74 Å². The molecule has 4 heteroatoms. The molecule has 0 heterocycles. The molecule has 1 rings (SSSR count). The van der Waals surface area contributed by atoms with E-state index >= 15 is 0 Å². The Hall–Kier alpha value is -1.81. The highest BCUT2D eigenvalue weighted by Crippen LogP contribution is 2.21. The van der Waals surface area contributed by atoms with Crippen LogP contribution in [0.1, 0.15) is 11.1 Å². The van der Waals surface area contributed by atoms with Crippen molar-refractivity contribution >= 4 is 12.0 Å². The van der Waals surface area contributed by atoms with E-state index in [-0.39, 0.29) is 0 Å². The zero-order chi connectivity index (χ0) is 12.0. The van der Waals surface area contributed by atoms with Gasteiger partial charge in [-0.2, -0.15) is 0 Å². The second-order valence-electron chi connectivity index (χ2n) is 3.18. The number of carboxylic acids is 1. The molecule has 1 aromatic rings. The smallest absolute Gasteiger partial charge is 0.328 e. The topological polar surface area (TPSA) is 55.8 Å². The molecule has 0 radical (unpaired) electrons. The molecule has 0 atom stereocenters. The zero-order valence-electron chi connectivity index (χ0n) is 9.27. The van der Waals surface area contributed by atoms with Gasteiger partial charge in [-0.3, -0.25) is 0 Å². The molecule has 4 nitrogen and oxygen atoms in total. The van der Waals surface area contributed by atoms with Gasteiger partial charge in [0, 0.05) is 18.7 Å². The van der Waals surface area contributed by atoms with Crippen LogP contribution in [0.3, 0.4) is 0 Å². The van der Waals surface area contributed by atoms with Gasteiger partial charge in [0.25, 0.3) is 0 Å². The Morgan fingerprint density at radius 1 is 1.44 bits per heavy atom. The Labute approximate surface area is 94.1 Å². The summed E-state index contributed by atoms with van der Waals surface area (Å²) in [5.74, 6) is -0.238. The summed E-state index contributed by atoms with van der Waals surface area (Å²) < 4.78 is 10.2. The minimum atomic E-state index is -0.968. The fourth-order valence-electron chi connectivity index (χ4n) is 1.34. The molecule has 1 N–H and O–H groups in total. The minimum Gasteiger partial charge on any atom is -0.496 e. The third kappa shape index (κ3) is 3.40. The largest absolute Gasteiger partial charge is 0.496 e. The van der Waals surface area contributed by atoms with E-state index in [0.29, 0.717) is 6.61 Å². The molecular weight excluding hydrogens is 208 g/mol. The third-order valence-corrected chi connectivity index (χ3v) is 2.02. The Bertz CT molecular complexity index is 396. The monoisotopic (exact) mass is 222 g/mol. The number of ether oxygens (including phenoxy) is 2. The van der Waals surface area contributed by atoms with Gasteiger partial charge in [0.05, 0.1) is 13.7 Å². The first kappa shape index (κ1) is 12.3. The van der Waals surface area contributed by atoms with Crippen molar-refractivity contribution in [2.75, 3.05) is 14.2 Å². The molecule has 0 spiro atoms. The van der Waals surface area contributed by atoms with E-state index in [2.05, 4.69) is 0 Å². The molecule has 0 saturated carbocycles. The average Bonchev–Trinajstić information content (AvgIpc) is 2.27. The van der Waals surface area contributed by atoms with Gasteiger partial charge in [0.15, 0.2) is 0 Å². The lowest BCUT2D eigenvalue weighted by molar-refractivity contribution is -0.131. The molecule has 1 aromatic carbocycles. The summed E-state index contributed by atoms with van der Waals surface area (Å²) in [7, 11) is 3.18. The zero-order valence-corrected chi connectivity index (χ0v) is 9.27. The van der Waals surface area contributed by atoms with E-state index in [9.17, 15) is 4.79 Å². The summed E-state index contributed by atoms with van der Waals surface area (Å²) in [6.45, 7) is 0.428. The van der Waals surface area contributed by atoms with E-state index in [4.69, 9.17) is 14.6 Å². The molecule has 0 aliphatic carbocycles. The molecule has 0 amide bonds. The normalized spacial score (nSPS) is 10.6. The Morgan fingerprint density at radius 3 is 2.75 bits per heavy atom. The quantitative estimate of drug-likeness (QED) is 0.773. The van der Waals surface area contributed by atoms with E-state index in [1.807, 2.05) is 6.07 Å². The van der Waals surface area contributed by atoms with Crippen molar-refractivity contribution in [2.45, 2.75) is 6.61 Å². The molecular formula is C12H14O4. The van der Waals surface area contributed by atoms with Gasteiger partial charge in [-0.1, -0.05) is 6.07 Å². The minimum absolute atomic E-state index is 0.428. The average molecular weight is 222 g/mol. The van der Waals surface area contributed by atoms with Crippen molar-refractivity contribution in [3.05, 3.63) is 35.4 Å². The van der Waals surface area contributed by atoms with Crippen LogP contribution in [0.15, 0.2) is 24.3 Å². The molecule has 0 saturated heterocycles. The van der Waals surface area contributed by atoms with Crippen molar-refractivity contribution in [2.24, 2.45) is 0 Å². The van der Waals surface area contributed by atoms with Crippen molar-refractivity contribution in [3.63, 3.8) is 0 Å². The van der Waals surface area contributed by atoms with E-state index in [1.54, 1.807) is 26.4 Å². The Morgan fingerprint density at radius 2 is 2.19 bits per heavy atom. The van der Waals surface area contributed by atoms with E-state index in [0.717, 1.165) is 23.0 Å². The maximum absolute atomic E-state index is 10.4. The summed E-state index contributed by atoms with van der Waals surface area (Å²) >= 11 is 0. The number of benzene rings is 1. The number of hydrogen-bond donors (Lipinski definition) is 1. The number of hydrogen-bond acceptors (Lipinski definition) is 3. The molecule has 0 aromatic heterocycles. The Kier molecular flexibility index (Phi) is 4.54. The van der Waals surface area contributed by atoms with Gasteiger partial charge >= 0.3 is 5.97 Å². The highest BCUT2D eigenvalue weighted by atomic mass is 16.5. The number of rotatable bonds is 5. The van der Waals surface area contributed by atoms with Gasteiger partial charge in [-0.25, -0.2) is 4.79 Å². The molecule has 0 aliphatic heterocycles. The van der Waals surface area contributed by atoms with Crippen LogP contribution in [0.5, 0.6) is 5.75 Å². The van der Waals surface area contributed by atoms with Crippen LogP contribution in [-0.4, -0.2) is 25.3 Å². The first-order valence-electron chi connectivity index (χ1n) is 4.74. The predicted octanol–water partition coefficient (Wildman–Crippen LogP) is 1.94. The van der Waals surface area contributed by atoms with Gasteiger partial charge in [0.1, 0.15) is 5.75 Å².